The predicted octanol–water partition coefficient (Wildman–Crippen LogP) is 4.75. The molecule has 0 bridgehead atoms. The van der Waals surface area contributed by atoms with Crippen LogP contribution in [0.4, 0.5) is 0 Å². The van der Waals surface area contributed by atoms with E-state index in [9.17, 15) is 0 Å². The van der Waals surface area contributed by atoms with Gasteiger partial charge in [0.05, 0.1) is 0 Å². The van der Waals surface area contributed by atoms with Crippen LogP contribution in [0.5, 0.6) is 0 Å². The van der Waals surface area contributed by atoms with Crippen molar-refractivity contribution >= 4 is 0 Å². The van der Waals surface area contributed by atoms with Gasteiger partial charge in [-0.15, -0.1) is 0 Å². The van der Waals surface area contributed by atoms with Crippen molar-refractivity contribution < 1.29 is 0 Å². The number of hydrogen-bond acceptors (Lipinski definition) is 2. The number of nitrogens with one attached hydrogen (secondary N) is 1. The molecule has 2 heteroatoms. The minimum absolute atomic E-state index is 0.444. The minimum Gasteiger partial charge on any atom is -0.329 e. The largest absolute Gasteiger partial charge is 0.329 e. The van der Waals surface area contributed by atoms with E-state index in [4.69, 9.17) is 5.73 Å². The second-order valence-corrected chi connectivity index (χ2v) is 9.88. The van der Waals surface area contributed by atoms with Crippen LogP contribution in [-0.4, -0.2) is 19.6 Å². The molecule has 138 valence electrons. The van der Waals surface area contributed by atoms with Crippen LogP contribution in [0.25, 0.3) is 0 Å². The molecule has 24 heavy (non-hydrogen) atoms. The van der Waals surface area contributed by atoms with Crippen LogP contribution in [0.3, 0.4) is 0 Å². The number of allylic oxidation sites excluding steroid dienone is 2. The van der Waals surface area contributed by atoms with E-state index in [1.165, 1.54) is 44.9 Å². The molecule has 0 amide bonds. The summed E-state index contributed by atoms with van der Waals surface area (Å²) in [5, 5.41) is 3.64. The van der Waals surface area contributed by atoms with Crippen LogP contribution in [0, 0.1) is 34.5 Å². The van der Waals surface area contributed by atoms with E-state index in [2.05, 4.69) is 39.1 Å². The second kappa shape index (κ2) is 7.11. The molecule has 0 heterocycles. The highest BCUT2D eigenvalue weighted by Crippen LogP contribution is 2.62. The van der Waals surface area contributed by atoms with Gasteiger partial charge in [0.1, 0.15) is 0 Å². The number of rotatable bonds is 5. The normalized spacial score (nSPS) is 42.4. The van der Waals surface area contributed by atoms with Crippen molar-refractivity contribution in [1.82, 2.24) is 5.32 Å². The molecular weight excluding hydrogens is 292 g/mol. The second-order valence-electron chi connectivity index (χ2n) is 9.88. The van der Waals surface area contributed by atoms with Gasteiger partial charge in [0.2, 0.25) is 0 Å². The molecule has 3 aliphatic carbocycles. The lowest BCUT2D eigenvalue weighted by atomic mass is 9.46. The highest BCUT2D eigenvalue weighted by Gasteiger charge is 2.54. The molecule has 2 fully saturated rings. The maximum atomic E-state index is 5.70. The summed E-state index contributed by atoms with van der Waals surface area (Å²) in [6.45, 7) is 12.9. The first-order valence-electron chi connectivity index (χ1n) is 10.5. The Bertz CT molecular complexity index is 469. The standard InChI is InChI=1S/C22H40N2/c1-16(2)17-6-8-19-18(14-17)7-9-20-21(3,15-24-13-12-23)10-5-11-22(19,20)4/h7,16-17,19-20,24H,5-6,8-15,23H2,1-4H3/t17?,19-,20?,21-,22-/m1/s1. The Morgan fingerprint density at radius 3 is 2.75 bits per heavy atom. The first-order valence-corrected chi connectivity index (χ1v) is 10.5. The Hall–Kier alpha value is -0.340. The van der Waals surface area contributed by atoms with Gasteiger partial charge >= 0.3 is 0 Å². The van der Waals surface area contributed by atoms with Gasteiger partial charge in [0.25, 0.3) is 0 Å². The van der Waals surface area contributed by atoms with Crippen LogP contribution < -0.4 is 11.1 Å². The highest BCUT2D eigenvalue weighted by molar-refractivity contribution is 5.22. The topological polar surface area (TPSA) is 38.0 Å². The average molecular weight is 333 g/mol. The van der Waals surface area contributed by atoms with Gasteiger partial charge in [0.15, 0.2) is 0 Å². The van der Waals surface area contributed by atoms with Crippen LogP contribution in [0.2, 0.25) is 0 Å². The van der Waals surface area contributed by atoms with Gasteiger partial charge in [-0.2, -0.15) is 0 Å². The third-order valence-electron chi connectivity index (χ3n) is 8.08. The lowest BCUT2D eigenvalue weighted by Gasteiger charge is -2.59. The summed E-state index contributed by atoms with van der Waals surface area (Å²) >= 11 is 0. The van der Waals surface area contributed by atoms with Crippen LogP contribution >= 0.6 is 0 Å². The first kappa shape index (κ1) is 18.5. The molecule has 2 nitrogen and oxygen atoms in total. The molecule has 0 aliphatic heterocycles. The summed E-state index contributed by atoms with van der Waals surface area (Å²) in [5.74, 6) is 3.47. The van der Waals surface area contributed by atoms with E-state index in [0.717, 1.165) is 43.3 Å². The van der Waals surface area contributed by atoms with Crippen molar-refractivity contribution in [2.45, 2.75) is 72.6 Å². The van der Waals surface area contributed by atoms with Gasteiger partial charge in [-0.05, 0) is 73.0 Å². The number of nitrogens with two attached hydrogens (primary N) is 1. The Labute approximate surface area is 150 Å². The molecule has 0 aromatic heterocycles. The van der Waals surface area contributed by atoms with Gasteiger partial charge in [-0.25, -0.2) is 0 Å². The van der Waals surface area contributed by atoms with Gasteiger partial charge in [-0.1, -0.05) is 45.8 Å². The van der Waals surface area contributed by atoms with Crippen molar-refractivity contribution in [2.75, 3.05) is 19.6 Å². The molecule has 0 radical (unpaired) electrons. The van der Waals surface area contributed by atoms with Crippen molar-refractivity contribution in [2.24, 2.45) is 40.2 Å². The molecule has 3 aliphatic rings. The van der Waals surface area contributed by atoms with Crippen molar-refractivity contribution in [1.29, 1.82) is 0 Å². The Morgan fingerprint density at radius 2 is 2.04 bits per heavy atom. The predicted molar refractivity (Wildman–Crippen MR) is 104 cm³/mol. The highest BCUT2D eigenvalue weighted by atomic mass is 14.9. The van der Waals surface area contributed by atoms with E-state index in [1.54, 1.807) is 0 Å². The summed E-state index contributed by atoms with van der Waals surface area (Å²) in [5.41, 5.74) is 8.50. The van der Waals surface area contributed by atoms with Crippen LogP contribution in [-0.2, 0) is 0 Å². The zero-order chi connectivity index (χ0) is 17.4. The fourth-order valence-corrected chi connectivity index (χ4v) is 6.61. The van der Waals surface area contributed by atoms with Crippen molar-refractivity contribution in [3.63, 3.8) is 0 Å². The van der Waals surface area contributed by atoms with E-state index < -0.39 is 0 Å². The Morgan fingerprint density at radius 1 is 1.25 bits per heavy atom. The molecule has 5 atom stereocenters. The van der Waals surface area contributed by atoms with Crippen molar-refractivity contribution in [3.8, 4) is 0 Å². The lowest BCUT2D eigenvalue weighted by molar-refractivity contribution is -0.0557. The SMILES string of the molecule is CC(C)C1CC[C@@H]2C(=CCC3[C@@](C)(CNCCN)CCC[C@@]32C)C1. The maximum Gasteiger partial charge on any atom is 0.00747 e. The van der Waals surface area contributed by atoms with Crippen LogP contribution in [0.1, 0.15) is 72.6 Å². The summed E-state index contributed by atoms with van der Waals surface area (Å²) in [6, 6.07) is 0. The third-order valence-corrected chi connectivity index (χ3v) is 8.08. The van der Waals surface area contributed by atoms with Gasteiger partial charge < -0.3 is 11.1 Å². The Balaban J connectivity index is 1.80. The first-order chi connectivity index (χ1) is 11.4. The Kier molecular flexibility index (Phi) is 5.47. The zero-order valence-electron chi connectivity index (χ0n) is 16.5. The molecule has 0 spiro atoms. The van der Waals surface area contributed by atoms with E-state index in [0.29, 0.717) is 10.8 Å². The molecule has 2 unspecified atom stereocenters. The number of fused-ring (bicyclic) bond motifs is 3. The van der Waals surface area contributed by atoms with Gasteiger partial charge in [0, 0.05) is 19.6 Å². The number of hydrogen-bond donors (Lipinski definition) is 2. The molecule has 3 N–H and O–H groups in total. The molecular formula is C22H40N2. The van der Waals surface area contributed by atoms with Crippen LogP contribution in [0.15, 0.2) is 11.6 Å². The summed E-state index contributed by atoms with van der Waals surface area (Å²) in [7, 11) is 0. The monoisotopic (exact) mass is 332 g/mol. The molecule has 2 saturated carbocycles. The van der Waals surface area contributed by atoms with Crippen molar-refractivity contribution in [3.05, 3.63) is 11.6 Å². The molecule has 0 aromatic rings. The quantitative estimate of drug-likeness (QED) is 0.563. The van der Waals surface area contributed by atoms with Gasteiger partial charge in [-0.3, -0.25) is 0 Å². The fraction of sp³-hybridized carbons (Fsp3) is 0.909. The molecule has 0 saturated heterocycles. The van der Waals surface area contributed by atoms with E-state index >= 15 is 0 Å². The molecule has 0 aromatic carbocycles. The summed E-state index contributed by atoms with van der Waals surface area (Å²) < 4.78 is 0. The lowest BCUT2D eigenvalue weighted by Crippen LogP contribution is -2.54. The average Bonchev–Trinajstić information content (AvgIpc) is 2.54. The maximum absolute atomic E-state index is 5.70. The zero-order valence-corrected chi connectivity index (χ0v) is 16.5. The summed E-state index contributed by atoms with van der Waals surface area (Å²) in [4.78, 5) is 0. The van der Waals surface area contributed by atoms with E-state index in [1.807, 2.05) is 5.57 Å². The smallest absolute Gasteiger partial charge is 0.00747 e. The minimum atomic E-state index is 0.444. The fourth-order valence-electron chi connectivity index (χ4n) is 6.61. The third kappa shape index (κ3) is 3.21. The van der Waals surface area contributed by atoms with E-state index in [-0.39, 0.29) is 0 Å². The molecule has 3 rings (SSSR count). The summed E-state index contributed by atoms with van der Waals surface area (Å²) in [6.07, 6.45) is 12.5.